The van der Waals surface area contributed by atoms with Crippen molar-refractivity contribution in [2.24, 2.45) is 17.6 Å². The van der Waals surface area contributed by atoms with E-state index in [0.29, 0.717) is 30.9 Å². The van der Waals surface area contributed by atoms with Gasteiger partial charge in [0.25, 0.3) is 5.91 Å². The Morgan fingerprint density at radius 3 is 2.59 bits per heavy atom. The maximum absolute atomic E-state index is 12.6. The van der Waals surface area contributed by atoms with Gasteiger partial charge in [-0.25, -0.2) is 4.98 Å². The largest absolute Gasteiger partial charge is 0.327 e. The van der Waals surface area contributed by atoms with E-state index in [9.17, 15) is 19.2 Å². The van der Waals surface area contributed by atoms with Crippen molar-refractivity contribution >= 4 is 29.1 Å². The van der Waals surface area contributed by atoms with Gasteiger partial charge in [-0.15, -0.1) is 0 Å². The summed E-state index contributed by atoms with van der Waals surface area (Å²) in [4.78, 5) is 53.3. The molecular weight excluding hydrogens is 410 g/mol. The van der Waals surface area contributed by atoms with Crippen LogP contribution in [0.3, 0.4) is 0 Å². The molecule has 1 aliphatic carbocycles. The molecular formula is C23H35N5O4. The summed E-state index contributed by atoms with van der Waals surface area (Å²) in [5, 5.41) is 5.45. The number of hydrogen-bond donors (Lipinski definition) is 3. The normalized spacial score (nSPS) is 22.9. The summed E-state index contributed by atoms with van der Waals surface area (Å²) in [6.45, 7) is 4.08. The number of nitrogens with one attached hydrogen (secondary N) is 2. The van der Waals surface area contributed by atoms with Gasteiger partial charge in [0.15, 0.2) is 17.3 Å². The summed E-state index contributed by atoms with van der Waals surface area (Å²) < 4.78 is 1.77. The van der Waals surface area contributed by atoms with Crippen LogP contribution in [0.15, 0.2) is 6.33 Å². The van der Waals surface area contributed by atoms with Crippen molar-refractivity contribution in [3.05, 3.63) is 12.0 Å². The number of ketones is 3. The fourth-order valence-electron chi connectivity index (χ4n) is 4.53. The Bertz CT molecular complexity index is 878. The lowest BCUT2D eigenvalue weighted by Gasteiger charge is -2.35. The van der Waals surface area contributed by atoms with Crippen molar-refractivity contribution in [2.45, 2.75) is 90.4 Å². The van der Waals surface area contributed by atoms with Gasteiger partial charge in [0.05, 0.1) is 12.2 Å². The number of fused-ring (bicyclic) bond motifs is 1. The Balaban J connectivity index is 1.39. The first-order chi connectivity index (χ1) is 15.2. The van der Waals surface area contributed by atoms with Crippen LogP contribution in [0.1, 0.15) is 88.5 Å². The van der Waals surface area contributed by atoms with Crippen molar-refractivity contribution in [2.75, 3.05) is 5.32 Å². The maximum atomic E-state index is 12.6. The van der Waals surface area contributed by atoms with Gasteiger partial charge in [-0.1, -0.05) is 39.5 Å². The number of unbranched alkanes of at least 4 members (excludes halogenated alkanes) is 4. The molecule has 2 atom stereocenters. The third kappa shape index (κ3) is 5.43. The van der Waals surface area contributed by atoms with Gasteiger partial charge >= 0.3 is 0 Å². The summed E-state index contributed by atoms with van der Waals surface area (Å²) >= 11 is 0. The smallest absolute Gasteiger partial charge is 0.274 e. The highest BCUT2D eigenvalue weighted by atomic mass is 16.2. The van der Waals surface area contributed by atoms with E-state index in [-0.39, 0.29) is 29.2 Å². The maximum Gasteiger partial charge on any atom is 0.274 e. The molecule has 9 heteroatoms. The Labute approximate surface area is 188 Å². The second-order valence-electron chi connectivity index (χ2n) is 9.29. The number of nitrogens with zero attached hydrogens (tertiary/aromatic N) is 2. The summed E-state index contributed by atoms with van der Waals surface area (Å²) in [5.74, 6) is -2.48. The minimum Gasteiger partial charge on any atom is -0.327 e. The number of imidazole rings is 1. The fraction of sp³-hybridized carbons (Fsp3) is 0.696. The van der Waals surface area contributed by atoms with Crippen LogP contribution < -0.4 is 16.4 Å². The molecule has 1 aromatic rings. The summed E-state index contributed by atoms with van der Waals surface area (Å²) in [7, 11) is 0. The first-order valence-electron chi connectivity index (χ1n) is 11.8. The molecule has 9 nitrogen and oxygen atoms in total. The number of anilines is 1. The van der Waals surface area contributed by atoms with E-state index in [1.54, 1.807) is 24.7 Å². The monoisotopic (exact) mass is 445 g/mol. The number of nitrogens with two attached hydrogens (primary N) is 1. The standard InChI is InChI=1S/C23H35N5O4/c1-15(2)20(31)23(24)26-21-19(22(32)27-23)28(14-25-21)13-9-5-3-4-6-11-17(29)16-10-7-8-12-18(16)30/h14-16,26H,3-13,24H2,1-2H3,(H,27,32). The SMILES string of the molecule is CC(C)C(=O)C1(N)NC(=O)c2c(ncn2CCCCCCCC(=O)C2CCCCC2=O)N1. The number of aromatic nitrogens is 2. The van der Waals surface area contributed by atoms with E-state index >= 15 is 0 Å². The lowest BCUT2D eigenvalue weighted by molar-refractivity contribution is -0.134. The van der Waals surface area contributed by atoms with Crippen molar-refractivity contribution in [3.8, 4) is 0 Å². The molecule has 4 N–H and O–H groups in total. The van der Waals surface area contributed by atoms with Crippen LogP contribution in [0, 0.1) is 11.8 Å². The summed E-state index contributed by atoms with van der Waals surface area (Å²) in [6, 6.07) is 0. The van der Waals surface area contributed by atoms with Gasteiger partial charge in [-0.2, -0.15) is 0 Å². The molecule has 1 fully saturated rings. The van der Waals surface area contributed by atoms with Crippen molar-refractivity contribution in [3.63, 3.8) is 0 Å². The van der Waals surface area contributed by atoms with Gasteiger partial charge in [-0.05, 0) is 25.7 Å². The first-order valence-corrected chi connectivity index (χ1v) is 11.8. The zero-order valence-electron chi connectivity index (χ0n) is 19.1. The lowest BCUT2D eigenvalue weighted by atomic mass is 9.83. The predicted molar refractivity (Wildman–Crippen MR) is 120 cm³/mol. The van der Waals surface area contributed by atoms with E-state index in [0.717, 1.165) is 51.4 Å². The molecule has 2 aliphatic rings. The van der Waals surface area contributed by atoms with Gasteiger partial charge in [0.1, 0.15) is 11.6 Å². The number of hydrogen-bond acceptors (Lipinski definition) is 7. The second kappa shape index (κ2) is 10.4. The average molecular weight is 446 g/mol. The highest BCUT2D eigenvalue weighted by molar-refractivity contribution is 6.06. The molecule has 2 unspecified atom stereocenters. The second-order valence-corrected chi connectivity index (χ2v) is 9.29. The summed E-state index contributed by atoms with van der Waals surface area (Å²) in [5.41, 5.74) is 6.46. The molecule has 1 aromatic heterocycles. The van der Waals surface area contributed by atoms with E-state index in [1.165, 1.54) is 0 Å². The van der Waals surface area contributed by atoms with Crippen LogP contribution in [0.5, 0.6) is 0 Å². The van der Waals surface area contributed by atoms with Crippen LogP contribution in [0.4, 0.5) is 5.82 Å². The molecule has 3 rings (SSSR count). The van der Waals surface area contributed by atoms with Crippen molar-refractivity contribution in [1.82, 2.24) is 14.9 Å². The zero-order chi connectivity index (χ0) is 23.3. The van der Waals surface area contributed by atoms with E-state index in [2.05, 4.69) is 15.6 Å². The average Bonchev–Trinajstić information content (AvgIpc) is 3.15. The number of aryl methyl sites for hydroxylation is 1. The van der Waals surface area contributed by atoms with Crippen LogP contribution in [0.25, 0.3) is 0 Å². The number of carbonyl (C=O) groups is 4. The number of amides is 1. The zero-order valence-corrected chi connectivity index (χ0v) is 19.1. The van der Waals surface area contributed by atoms with Crippen LogP contribution in [-0.4, -0.2) is 38.6 Å². The number of rotatable bonds is 11. The van der Waals surface area contributed by atoms with E-state index < -0.39 is 11.7 Å². The topological polar surface area (TPSA) is 136 Å². The van der Waals surface area contributed by atoms with E-state index in [1.807, 2.05) is 0 Å². The van der Waals surface area contributed by atoms with Gasteiger partial charge in [-0.3, -0.25) is 24.9 Å². The molecule has 0 saturated heterocycles. The molecule has 0 aromatic carbocycles. The number of carbonyl (C=O) groups excluding carboxylic acids is 4. The molecule has 0 bridgehead atoms. The minimum atomic E-state index is -1.64. The highest BCUT2D eigenvalue weighted by Crippen LogP contribution is 2.25. The van der Waals surface area contributed by atoms with Gasteiger partial charge in [0.2, 0.25) is 5.79 Å². The minimum absolute atomic E-state index is 0.116. The quantitative estimate of drug-likeness (QED) is 0.352. The molecule has 1 amide bonds. The third-order valence-corrected chi connectivity index (χ3v) is 6.36. The highest BCUT2D eigenvalue weighted by Gasteiger charge is 2.43. The predicted octanol–water partition coefficient (Wildman–Crippen LogP) is 2.54. The third-order valence-electron chi connectivity index (χ3n) is 6.36. The first kappa shape index (κ1) is 24.1. The van der Waals surface area contributed by atoms with Crippen LogP contribution in [-0.2, 0) is 20.9 Å². The van der Waals surface area contributed by atoms with Crippen molar-refractivity contribution in [1.29, 1.82) is 0 Å². The molecule has 0 radical (unpaired) electrons. The molecule has 0 spiro atoms. The Morgan fingerprint density at radius 2 is 1.88 bits per heavy atom. The Hall–Kier alpha value is -2.55. The molecule has 2 heterocycles. The van der Waals surface area contributed by atoms with Crippen LogP contribution >= 0.6 is 0 Å². The summed E-state index contributed by atoms with van der Waals surface area (Å²) in [6.07, 6.45) is 9.85. The van der Waals surface area contributed by atoms with E-state index in [4.69, 9.17) is 5.73 Å². The Kier molecular flexibility index (Phi) is 7.82. The van der Waals surface area contributed by atoms with Gasteiger partial charge in [0, 0.05) is 25.3 Å². The molecule has 1 saturated carbocycles. The van der Waals surface area contributed by atoms with Crippen molar-refractivity contribution < 1.29 is 19.2 Å². The Morgan fingerprint density at radius 1 is 1.16 bits per heavy atom. The lowest BCUT2D eigenvalue weighted by Crippen LogP contribution is -2.70. The van der Waals surface area contributed by atoms with Gasteiger partial charge < -0.3 is 15.2 Å². The van der Waals surface area contributed by atoms with Crippen LogP contribution in [0.2, 0.25) is 0 Å². The molecule has 176 valence electrons. The molecule has 32 heavy (non-hydrogen) atoms. The fourth-order valence-corrected chi connectivity index (χ4v) is 4.53. The number of Topliss-reactive ketones (excluding diaryl/α,β-unsaturated/α-hetero) is 3. The molecule has 1 aliphatic heterocycles.